The van der Waals surface area contributed by atoms with E-state index in [9.17, 15) is 14.3 Å². The van der Waals surface area contributed by atoms with E-state index >= 15 is 0 Å². The highest BCUT2D eigenvalue weighted by atomic mass is 19.1. The number of carboxylic acid groups (broad SMARTS) is 1. The second kappa shape index (κ2) is 11.5. The Kier molecular flexibility index (Phi) is 8.13. The molecule has 0 spiro atoms. The topological polar surface area (TPSA) is 94.4 Å². The van der Waals surface area contributed by atoms with E-state index in [1.807, 2.05) is 25.1 Å². The van der Waals surface area contributed by atoms with Gasteiger partial charge in [0.25, 0.3) is 0 Å². The lowest BCUT2D eigenvalue weighted by Crippen LogP contribution is -2.18. The quantitative estimate of drug-likeness (QED) is 0.439. The van der Waals surface area contributed by atoms with Gasteiger partial charge in [-0.2, -0.15) is 0 Å². The first kappa shape index (κ1) is 25.5. The zero-order valence-electron chi connectivity index (χ0n) is 21.0. The third kappa shape index (κ3) is 6.36. The number of halogens is 1. The van der Waals surface area contributed by atoms with Gasteiger partial charge >= 0.3 is 5.97 Å². The van der Waals surface area contributed by atoms with E-state index in [1.165, 1.54) is 25.3 Å². The summed E-state index contributed by atoms with van der Waals surface area (Å²) < 4.78 is 26.0. The molecule has 0 bridgehead atoms. The normalized spacial score (nSPS) is 16.6. The molecule has 1 fully saturated rings. The van der Waals surface area contributed by atoms with E-state index in [4.69, 9.17) is 9.47 Å². The number of benzene rings is 1. The molecule has 3 aromatic rings. The van der Waals surface area contributed by atoms with E-state index in [2.05, 4.69) is 15.0 Å². The minimum absolute atomic E-state index is 0.286. The third-order valence-corrected chi connectivity index (χ3v) is 6.07. The lowest BCUT2D eigenvalue weighted by molar-refractivity contribution is -0.141. The third-order valence-electron chi connectivity index (χ3n) is 6.07. The Morgan fingerprint density at radius 3 is 2.67 bits per heavy atom. The molecule has 1 N–H and O–H groups in total. The van der Waals surface area contributed by atoms with Gasteiger partial charge in [0.05, 0.1) is 42.0 Å². The SMILES string of the molecule is C1CC1.CCOc1cc(-c2ncc(C3CCc4ccc(CC(C)C(=O)O)cc4O3)nc2C)c(F)cn1. The van der Waals surface area contributed by atoms with E-state index in [0.29, 0.717) is 36.0 Å². The van der Waals surface area contributed by atoms with E-state index < -0.39 is 17.7 Å². The first-order chi connectivity index (χ1) is 17.4. The molecule has 36 heavy (non-hydrogen) atoms. The Balaban J connectivity index is 0.000000943. The van der Waals surface area contributed by atoms with Gasteiger partial charge in [-0.1, -0.05) is 38.3 Å². The number of hydrogen-bond acceptors (Lipinski definition) is 6. The molecule has 5 rings (SSSR count). The fourth-order valence-corrected chi connectivity index (χ4v) is 3.94. The van der Waals surface area contributed by atoms with Gasteiger partial charge in [-0.3, -0.25) is 14.8 Å². The van der Waals surface area contributed by atoms with Gasteiger partial charge in [0.2, 0.25) is 5.88 Å². The minimum Gasteiger partial charge on any atom is -0.484 e. The molecule has 0 radical (unpaired) electrons. The summed E-state index contributed by atoms with van der Waals surface area (Å²) in [5, 5.41) is 9.18. The Morgan fingerprint density at radius 1 is 1.22 bits per heavy atom. The number of aromatic nitrogens is 3. The van der Waals surface area contributed by atoms with E-state index in [0.717, 1.165) is 35.9 Å². The first-order valence-corrected chi connectivity index (χ1v) is 12.5. The zero-order chi connectivity index (χ0) is 25.7. The molecule has 1 aromatic carbocycles. The van der Waals surface area contributed by atoms with Crippen LogP contribution in [-0.4, -0.2) is 32.6 Å². The van der Waals surface area contributed by atoms with Crippen molar-refractivity contribution < 1.29 is 23.8 Å². The van der Waals surface area contributed by atoms with Crippen LogP contribution in [0, 0.1) is 18.7 Å². The number of carbonyl (C=O) groups is 1. The van der Waals surface area contributed by atoms with Crippen molar-refractivity contribution in [3.05, 3.63) is 65.0 Å². The van der Waals surface area contributed by atoms with Crippen molar-refractivity contribution in [3.8, 4) is 22.9 Å². The number of pyridine rings is 1. The fraction of sp³-hybridized carbons (Fsp3) is 0.429. The lowest BCUT2D eigenvalue weighted by Gasteiger charge is -2.26. The van der Waals surface area contributed by atoms with Crippen LogP contribution in [0.1, 0.15) is 68.1 Å². The maximum atomic E-state index is 14.4. The molecule has 3 heterocycles. The van der Waals surface area contributed by atoms with Crippen LogP contribution in [0.2, 0.25) is 0 Å². The number of carboxylic acids is 1. The van der Waals surface area contributed by atoms with Crippen LogP contribution in [-0.2, 0) is 17.6 Å². The number of aliphatic carboxylic acids is 1. The number of hydrogen-bond donors (Lipinski definition) is 1. The summed E-state index contributed by atoms with van der Waals surface area (Å²) in [6.07, 6.45) is 8.95. The monoisotopic (exact) mass is 493 g/mol. The number of aryl methyl sites for hydroxylation is 2. The summed E-state index contributed by atoms with van der Waals surface area (Å²) in [5.74, 6) is -0.711. The highest BCUT2D eigenvalue weighted by molar-refractivity contribution is 5.70. The van der Waals surface area contributed by atoms with Gasteiger partial charge in [0.1, 0.15) is 11.9 Å². The van der Waals surface area contributed by atoms with Crippen molar-refractivity contribution >= 4 is 5.97 Å². The maximum Gasteiger partial charge on any atom is 0.306 e. The molecule has 1 aliphatic heterocycles. The largest absolute Gasteiger partial charge is 0.484 e. The summed E-state index contributed by atoms with van der Waals surface area (Å²) in [7, 11) is 0. The molecule has 2 aromatic heterocycles. The van der Waals surface area contributed by atoms with Crippen molar-refractivity contribution in [2.24, 2.45) is 5.92 Å². The number of ether oxygens (including phenoxy) is 2. The highest BCUT2D eigenvalue weighted by Gasteiger charge is 2.25. The Hall–Kier alpha value is -3.55. The molecule has 1 saturated carbocycles. The van der Waals surface area contributed by atoms with Crippen LogP contribution < -0.4 is 9.47 Å². The predicted molar refractivity (Wildman–Crippen MR) is 134 cm³/mol. The van der Waals surface area contributed by atoms with Crippen molar-refractivity contribution in [3.63, 3.8) is 0 Å². The molecule has 0 amide bonds. The molecular formula is C28H32FN3O4. The van der Waals surface area contributed by atoms with E-state index in [1.54, 1.807) is 20.0 Å². The van der Waals surface area contributed by atoms with Gasteiger partial charge in [-0.25, -0.2) is 9.37 Å². The predicted octanol–water partition coefficient (Wildman–Crippen LogP) is 5.88. The molecule has 2 aliphatic rings. The zero-order valence-corrected chi connectivity index (χ0v) is 21.0. The molecular weight excluding hydrogens is 461 g/mol. The highest BCUT2D eigenvalue weighted by Crippen LogP contribution is 2.36. The second-order valence-electron chi connectivity index (χ2n) is 9.26. The van der Waals surface area contributed by atoms with Gasteiger partial charge in [-0.15, -0.1) is 0 Å². The molecule has 2 unspecified atom stereocenters. The van der Waals surface area contributed by atoms with Crippen LogP contribution in [0.4, 0.5) is 4.39 Å². The second-order valence-corrected chi connectivity index (χ2v) is 9.26. The summed E-state index contributed by atoms with van der Waals surface area (Å²) in [4.78, 5) is 24.3. The van der Waals surface area contributed by atoms with Crippen molar-refractivity contribution in [1.29, 1.82) is 0 Å². The fourth-order valence-electron chi connectivity index (χ4n) is 3.94. The van der Waals surface area contributed by atoms with Crippen molar-refractivity contribution in [2.45, 2.75) is 65.4 Å². The summed E-state index contributed by atoms with van der Waals surface area (Å²) in [6.45, 7) is 5.74. The smallest absolute Gasteiger partial charge is 0.306 e. The minimum atomic E-state index is -0.823. The van der Waals surface area contributed by atoms with Crippen LogP contribution in [0.3, 0.4) is 0 Å². The number of nitrogens with zero attached hydrogens (tertiary/aromatic N) is 3. The Labute approximate surface area is 210 Å². The van der Waals surface area contributed by atoms with Crippen LogP contribution in [0.25, 0.3) is 11.3 Å². The van der Waals surface area contributed by atoms with Gasteiger partial charge < -0.3 is 14.6 Å². The molecule has 2 atom stereocenters. The summed E-state index contributed by atoms with van der Waals surface area (Å²) in [6, 6.07) is 7.40. The number of rotatable bonds is 7. The van der Waals surface area contributed by atoms with Crippen molar-refractivity contribution in [1.82, 2.24) is 15.0 Å². The standard InChI is InChI=1S/C25H26FN3O4.C3H6/c1-4-32-23-11-18(19(26)12-27-23)24-15(3)29-20(13-28-24)21-8-7-17-6-5-16(10-22(17)33-21)9-14(2)25(30)31;1-2-3-1/h5-6,10-14,21H,4,7-9H2,1-3H3,(H,30,31);1-3H2. The van der Waals surface area contributed by atoms with Crippen LogP contribution in [0.5, 0.6) is 11.6 Å². The van der Waals surface area contributed by atoms with Gasteiger partial charge in [0.15, 0.2) is 5.82 Å². The number of fused-ring (bicyclic) bond motifs is 1. The van der Waals surface area contributed by atoms with Gasteiger partial charge in [0, 0.05) is 11.6 Å². The average molecular weight is 494 g/mol. The molecule has 0 saturated heterocycles. The van der Waals surface area contributed by atoms with Crippen molar-refractivity contribution in [2.75, 3.05) is 6.61 Å². The summed E-state index contributed by atoms with van der Waals surface area (Å²) >= 11 is 0. The van der Waals surface area contributed by atoms with Gasteiger partial charge in [-0.05, 0) is 50.3 Å². The molecule has 8 heteroatoms. The maximum absolute atomic E-state index is 14.4. The van der Waals surface area contributed by atoms with Crippen LogP contribution >= 0.6 is 0 Å². The molecule has 1 aliphatic carbocycles. The first-order valence-electron chi connectivity index (χ1n) is 12.5. The van der Waals surface area contributed by atoms with E-state index in [-0.39, 0.29) is 11.7 Å². The summed E-state index contributed by atoms with van der Waals surface area (Å²) in [5.41, 5.74) is 3.98. The Morgan fingerprint density at radius 2 is 2.00 bits per heavy atom. The average Bonchev–Trinajstić information content (AvgIpc) is 3.75. The van der Waals surface area contributed by atoms with Crippen LogP contribution in [0.15, 0.2) is 36.7 Å². The molecule has 7 nitrogen and oxygen atoms in total. The molecule has 190 valence electrons. The Bertz CT molecular complexity index is 1230. The lowest BCUT2D eigenvalue weighted by atomic mass is 9.95.